The lowest BCUT2D eigenvalue weighted by molar-refractivity contribution is 0.484. The lowest BCUT2D eigenvalue weighted by atomic mass is 9.92. The van der Waals surface area contributed by atoms with Crippen molar-refractivity contribution in [1.29, 1.82) is 0 Å². The van der Waals surface area contributed by atoms with Crippen molar-refractivity contribution in [3.63, 3.8) is 0 Å². The highest BCUT2D eigenvalue weighted by atomic mass is 35.5. The molecule has 0 bridgehead atoms. The molecule has 1 aromatic rings. The van der Waals surface area contributed by atoms with Gasteiger partial charge in [0.2, 0.25) is 0 Å². The highest BCUT2D eigenvalue weighted by Gasteiger charge is 2.12. The Morgan fingerprint density at radius 1 is 1.10 bits per heavy atom. The molecule has 0 spiro atoms. The molecule has 0 aromatic heterocycles. The molecule has 20 heavy (non-hydrogen) atoms. The molecule has 0 fully saturated rings. The average molecular weight is 296 g/mol. The minimum Gasteiger partial charge on any atom is -0.314 e. The van der Waals surface area contributed by atoms with Crippen LogP contribution in [0.3, 0.4) is 0 Å². The molecule has 0 saturated carbocycles. The first-order chi connectivity index (χ1) is 9.63. The van der Waals surface area contributed by atoms with E-state index in [-0.39, 0.29) is 0 Å². The van der Waals surface area contributed by atoms with E-state index >= 15 is 0 Å². The van der Waals surface area contributed by atoms with Crippen molar-refractivity contribution in [2.24, 2.45) is 0 Å². The molecule has 0 heterocycles. The van der Waals surface area contributed by atoms with Crippen molar-refractivity contribution in [2.75, 3.05) is 6.54 Å². The van der Waals surface area contributed by atoms with Crippen LogP contribution >= 0.6 is 11.6 Å². The molecule has 0 amide bonds. The first-order valence-electron chi connectivity index (χ1n) is 8.12. The average Bonchev–Trinajstić information content (AvgIpc) is 2.41. The predicted octanol–water partition coefficient (Wildman–Crippen LogP) is 5.78. The summed E-state index contributed by atoms with van der Waals surface area (Å²) in [4.78, 5) is 0. The van der Waals surface area contributed by atoms with Crippen LogP contribution in [-0.2, 0) is 0 Å². The molecule has 1 unspecified atom stereocenters. The Morgan fingerprint density at radius 2 is 1.85 bits per heavy atom. The lowest BCUT2D eigenvalue weighted by Crippen LogP contribution is -2.28. The second kappa shape index (κ2) is 10.2. The minimum absolute atomic E-state index is 0.539. The number of halogens is 1. The lowest BCUT2D eigenvalue weighted by Gasteiger charge is -2.20. The molecule has 0 aliphatic heterocycles. The fourth-order valence-electron chi connectivity index (χ4n) is 2.52. The maximum absolute atomic E-state index is 6.13. The Labute approximate surface area is 130 Å². The van der Waals surface area contributed by atoms with Gasteiger partial charge in [0.05, 0.1) is 0 Å². The summed E-state index contributed by atoms with van der Waals surface area (Å²) in [5, 5.41) is 4.42. The largest absolute Gasteiger partial charge is 0.314 e. The summed E-state index contributed by atoms with van der Waals surface area (Å²) in [6.45, 7) is 7.72. The maximum Gasteiger partial charge on any atom is 0.0408 e. The zero-order chi connectivity index (χ0) is 14.8. The van der Waals surface area contributed by atoms with Gasteiger partial charge in [0, 0.05) is 17.6 Å². The topological polar surface area (TPSA) is 12.0 Å². The van der Waals surface area contributed by atoms with Gasteiger partial charge in [-0.1, -0.05) is 76.6 Å². The van der Waals surface area contributed by atoms with Crippen molar-refractivity contribution in [3.05, 3.63) is 34.9 Å². The zero-order valence-corrected chi connectivity index (χ0v) is 14.0. The summed E-state index contributed by atoms with van der Waals surface area (Å²) in [6, 6.07) is 8.90. The number of rotatable bonds is 10. The van der Waals surface area contributed by atoms with E-state index in [1.54, 1.807) is 0 Å². The van der Waals surface area contributed by atoms with Gasteiger partial charge < -0.3 is 5.32 Å². The highest BCUT2D eigenvalue weighted by Crippen LogP contribution is 2.25. The number of hydrogen-bond acceptors (Lipinski definition) is 1. The van der Waals surface area contributed by atoms with Gasteiger partial charge >= 0.3 is 0 Å². The summed E-state index contributed by atoms with van der Waals surface area (Å²) < 4.78 is 0. The Kier molecular flexibility index (Phi) is 8.97. The first kappa shape index (κ1) is 17.5. The number of benzene rings is 1. The van der Waals surface area contributed by atoms with Gasteiger partial charge in [0.1, 0.15) is 0 Å². The van der Waals surface area contributed by atoms with Crippen molar-refractivity contribution in [1.82, 2.24) is 5.32 Å². The van der Waals surface area contributed by atoms with E-state index in [4.69, 9.17) is 11.6 Å². The molecule has 0 aliphatic carbocycles. The Balaban J connectivity index is 2.51. The van der Waals surface area contributed by atoms with Crippen LogP contribution in [-0.4, -0.2) is 12.6 Å². The van der Waals surface area contributed by atoms with Crippen LogP contribution in [0.25, 0.3) is 0 Å². The quantitative estimate of drug-likeness (QED) is 0.539. The van der Waals surface area contributed by atoms with E-state index in [9.17, 15) is 0 Å². The number of hydrogen-bond donors (Lipinski definition) is 1. The highest BCUT2D eigenvalue weighted by molar-refractivity contribution is 6.30. The van der Waals surface area contributed by atoms with E-state index in [2.05, 4.69) is 44.3 Å². The van der Waals surface area contributed by atoms with Crippen LogP contribution in [0.1, 0.15) is 70.8 Å². The second-order valence-corrected chi connectivity index (χ2v) is 6.45. The van der Waals surface area contributed by atoms with Crippen molar-refractivity contribution in [2.45, 2.75) is 71.3 Å². The van der Waals surface area contributed by atoms with Crippen LogP contribution in [0.2, 0.25) is 5.02 Å². The fourth-order valence-corrected chi connectivity index (χ4v) is 2.72. The van der Waals surface area contributed by atoms with Gasteiger partial charge in [-0.3, -0.25) is 0 Å². The molecular formula is C18H30ClN. The number of unbranched alkanes of at least 4 members (excludes halogenated alkanes) is 4. The molecule has 1 nitrogen and oxygen atoms in total. The second-order valence-electron chi connectivity index (χ2n) is 6.02. The van der Waals surface area contributed by atoms with Crippen molar-refractivity contribution in [3.8, 4) is 0 Å². The van der Waals surface area contributed by atoms with Crippen molar-refractivity contribution < 1.29 is 0 Å². The van der Waals surface area contributed by atoms with Crippen LogP contribution < -0.4 is 5.32 Å². The summed E-state index contributed by atoms with van der Waals surface area (Å²) in [5.41, 5.74) is 1.38. The third kappa shape index (κ3) is 7.31. The van der Waals surface area contributed by atoms with E-state index in [0.29, 0.717) is 12.0 Å². The maximum atomic E-state index is 6.13. The van der Waals surface area contributed by atoms with Crippen LogP contribution in [0.15, 0.2) is 24.3 Å². The molecular weight excluding hydrogens is 266 g/mol. The molecule has 1 N–H and O–H groups in total. The molecule has 2 heteroatoms. The third-order valence-electron chi connectivity index (χ3n) is 3.75. The molecule has 114 valence electrons. The van der Waals surface area contributed by atoms with Crippen LogP contribution in [0.5, 0.6) is 0 Å². The number of nitrogens with one attached hydrogen (secondary N) is 1. The van der Waals surface area contributed by atoms with Gasteiger partial charge in [0.15, 0.2) is 0 Å². The molecule has 0 radical (unpaired) electrons. The van der Waals surface area contributed by atoms with E-state index < -0.39 is 0 Å². The summed E-state index contributed by atoms with van der Waals surface area (Å²) in [6.07, 6.45) is 7.97. The summed E-state index contributed by atoms with van der Waals surface area (Å²) >= 11 is 6.13. The standard InChI is InChI=1S/C18H30ClN/c1-4-5-6-7-8-10-17(14-20-15(2)3)16-11-9-12-18(19)13-16/h9,11-13,15,17,20H,4-8,10,14H2,1-3H3. The van der Waals surface area contributed by atoms with Gasteiger partial charge in [-0.15, -0.1) is 0 Å². The van der Waals surface area contributed by atoms with E-state index in [1.165, 1.54) is 44.1 Å². The summed E-state index contributed by atoms with van der Waals surface area (Å²) in [5.74, 6) is 0.581. The predicted molar refractivity (Wildman–Crippen MR) is 90.7 cm³/mol. The Hall–Kier alpha value is -0.530. The van der Waals surface area contributed by atoms with Gasteiger partial charge in [-0.2, -0.15) is 0 Å². The molecule has 1 rings (SSSR count). The molecule has 1 atom stereocenters. The minimum atomic E-state index is 0.539. The monoisotopic (exact) mass is 295 g/mol. The van der Waals surface area contributed by atoms with Gasteiger partial charge in [0.25, 0.3) is 0 Å². The molecule has 1 aromatic carbocycles. The van der Waals surface area contributed by atoms with Gasteiger partial charge in [-0.05, 0) is 30.0 Å². The fraction of sp³-hybridized carbons (Fsp3) is 0.667. The van der Waals surface area contributed by atoms with E-state index in [0.717, 1.165) is 11.6 Å². The van der Waals surface area contributed by atoms with Crippen molar-refractivity contribution >= 4 is 11.6 Å². The van der Waals surface area contributed by atoms with E-state index in [1.807, 2.05) is 6.07 Å². The molecule has 0 saturated heterocycles. The SMILES string of the molecule is CCCCCCCC(CNC(C)C)c1cccc(Cl)c1. The zero-order valence-electron chi connectivity index (χ0n) is 13.3. The first-order valence-corrected chi connectivity index (χ1v) is 8.50. The Morgan fingerprint density at radius 3 is 2.50 bits per heavy atom. The normalized spacial score (nSPS) is 12.8. The van der Waals surface area contributed by atoms with Crippen LogP contribution in [0, 0.1) is 0 Å². The molecule has 0 aliphatic rings. The summed E-state index contributed by atoms with van der Waals surface area (Å²) in [7, 11) is 0. The van der Waals surface area contributed by atoms with Gasteiger partial charge in [-0.25, -0.2) is 0 Å². The smallest absolute Gasteiger partial charge is 0.0408 e. The van der Waals surface area contributed by atoms with Crippen LogP contribution in [0.4, 0.5) is 0 Å². The third-order valence-corrected chi connectivity index (χ3v) is 3.98. The Bertz CT molecular complexity index is 362.